The van der Waals surface area contributed by atoms with Gasteiger partial charge in [-0.05, 0) is 44.7 Å². The van der Waals surface area contributed by atoms with Crippen LogP contribution < -0.4 is 10.1 Å². The van der Waals surface area contributed by atoms with E-state index in [1.807, 2.05) is 19.1 Å². The molecule has 3 nitrogen and oxygen atoms in total. The molecule has 0 aromatic carbocycles. The molecule has 1 aromatic heterocycles. The first-order valence-electron chi connectivity index (χ1n) is 6.04. The molecule has 0 saturated heterocycles. The molecular weight excluding hydrogens is 200 g/mol. The summed E-state index contributed by atoms with van der Waals surface area (Å²) in [4.78, 5) is 4.19. The zero-order chi connectivity index (χ0) is 11.4. The van der Waals surface area contributed by atoms with Gasteiger partial charge in [0.15, 0.2) is 0 Å². The van der Waals surface area contributed by atoms with E-state index in [9.17, 15) is 0 Å². The molecule has 16 heavy (non-hydrogen) atoms. The van der Waals surface area contributed by atoms with Crippen molar-refractivity contribution in [2.45, 2.75) is 32.7 Å². The summed E-state index contributed by atoms with van der Waals surface area (Å²) in [6.45, 7) is 5.85. The maximum atomic E-state index is 5.59. The Morgan fingerprint density at radius 3 is 2.94 bits per heavy atom. The lowest BCUT2D eigenvalue weighted by molar-refractivity contribution is 0.302. The molecule has 0 aliphatic heterocycles. The van der Waals surface area contributed by atoms with Crippen LogP contribution in [0, 0.1) is 12.8 Å². The minimum atomic E-state index is 0.639. The average molecular weight is 220 g/mol. The first kappa shape index (κ1) is 11.4. The SMILES string of the molecule is Cc1ccc(OCCNC(C)C2CC2)cn1. The fourth-order valence-corrected chi connectivity index (χ4v) is 1.76. The van der Waals surface area contributed by atoms with Gasteiger partial charge in [-0.1, -0.05) is 0 Å². The molecule has 1 fully saturated rings. The van der Waals surface area contributed by atoms with Crippen molar-refractivity contribution in [2.75, 3.05) is 13.2 Å². The van der Waals surface area contributed by atoms with E-state index in [0.717, 1.165) is 23.9 Å². The van der Waals surface area contributed by atoms with Gasteiger partial charge < -0.3 is 10.1 Å². The van der Waals surface area contributed by atoms with E-state index in [-0.39, 0.29) is 0 Å². The molecule has 1 aliphatic rings. The smallest absolute Gasteiger partial charge is 0.137 e. The molecular formula is C13H20N2O. The zero-order valence-corrected chi connectivity index (χ0v) is 10.1. The molecule has 1 aromatic rings. The largest absolute Gasteiger partial charge is 0.491 e. The highest BCUT2D eigenvalue weighted by atomic mass is 16.5. The van der Waals surface area contributed by atoms with Crippen molar-refractivity contribution in [1.29, 1.82) is 0 Å². The fraction of sp³-hybridized carbons (Fsp3) is 0.615. The summed E-state index contributed by atoms with van der Waals surface area (Å²) in [6, 6.07) is 4.57. The van der Waals surface area contributed by atoms with E-state index < -0.39 is 0 Å². The second-order valence-electron chi connectivity index (χ2n) is 4.56. The number of aromatic nitrogens is 1. The third-order valence-electron chi connectivity index (χ3n) is 3.05. The van der Waals surface area contributed by atoms with Crippen molar-refractivity contribution in [2.24, 2.45) is 5.92 Å². The molecule has 1 N–H and O–H groups in total. The fourth-order valence-electron chi connectivity index (χ4n) is 1.76. The maximum absolute atomic E-state index is 5.59. The van der Waals surface area contributed by atoms with Crippen LogP contribution in [0.2, 0.25) is 0 Å². The molecule has 1 saturated carbocycles. The third kappa shape index (κ3) is 3.49. The van der Waals surface area contributed by atoms with Crippen molar-refractivity contribution in [1.82, 2.24) is 10.3 Å². The highest BCUT2D eigenvalue weighted by molar-refractivity contribution is 5.18. The van der Waals surface area contributed by atoms with Crippen LogP contribution in [0.3, 0.4) is 0 Å². The van der Waals surface area contributed by atoms with Crippen LogP contribution >= 0.6 is 0 Å². The highest BCUT2D eigenvalue weighted by Crippen LogP contribution is 2.32. The monoisotopic (exact) mass is 220 g/mol. The van der Waals surface area contributed by atoms with Gasteiger partial charge in [0.05, 0.1) is 6.20 Å². The van der Waals surface area contributed by atoms with Crippen molar-refractivity contribution >= 4 is 0 Å². The van der Waals surface area contributed by atoms with E-state index >= 15 is 0 Å². The number of rotatable bonds is 6. The normalized spacial score (nSPS) is 17.1. The average Bonchev–Trinajstić information content (AvgIpc) is 3.10. The summed E-state index contributed by atoms with van der Waals surface area (Å²) < 4.78 is 5.59. The Morgan fingerprint density at radius 1 is 1.50 bits per heavy atom. The summed E-state index contributed by atoms with van der Waals surface area (Å²) in [6.07, 6.45) is 4.55. The lowest BCUT2D eigenvalue weighted by Gasteiger charge is -2.12. The van der Waals surface area contributed by atoms with E-state index in [4.69, 9.17) is 4.74 Å². The van der Waals surface area contributed by atoms with Crippen LogP contribution in [0.1, 0.15) is 25.5 Å². The molecule has 88 valence electrons. The van der Waals surface area contributed by atoms with Crippen LogP contribution in [-0.2, 0) is 0 Å². The van der Waals surface area contributed by atoms with E-state index in [0.29, 0.717) is 12.6 Å². The molecule has 0 amide bonds. The Kier molecular flexibility index (Phi) is 3.78. The Labute approximate surface area is 97.2 Å². The Hall–Kier alpha value is -1.09. The van der Waals surface area contributed by atoms with E-state index in [1.54, 1.807) is 6.20 Å². The predicted molar refractivity (Wildman–Crippen MR) is 64.7 cm³/mol. The Balaban J connectivity index is 1.62. The number of hydrogen-bond acceptors (Lipinski definition) is 3. The molecule has 0 bridgehead atoms. The summed E-state index contributed by atoms with van der Waals surface area (Å²) in [5, 5.41) is 3.48. The minimum Gasteiger partial charge on any atom is -0.491 e. The number of ether oxygens (including phenoxy) is 1. The molecule has 1 aliphatic carbocycles. The van der Waals surface area contributed by atoms with Crippen molar-refractivity contribution in [3.8, 4) is 5.75 Å². The van der Waals surface area contributed by atoms with Gasteiger partial charge in [0.25, 0.3) is 0 Å². The summed E-state index contributed by atoms with van der Waals surface area (Å²) in [5.41, 5.74) is 1.02. The van der Waals surface area contributed by atoms with Crippen LogP contribution in [-0.4, -0.2) is 24.2 Å². The molecule has 1 heterocycles. The van der Waals surface area contributed by atoms with Crippen LogP contribution in [0.15, 0.2) is 18.3 Å². The number of pyridine rings is 1. The second kappa shape index (κ2) is 5.30. The van der Waals surface area contributed by atoms with Crippen LogP contribution in [0.5, 0.6) is 5.75 Å². The molecule has 0 radical (unpaired) electrons. The van der Waals surface area contributed by atoms with E-state index in [1.165, 1.54) is 12.8 Å². The van der Waals surface area contributed by atoms with Crippen molar-refractivity contribution in [3.63, 3.8) is 0 Å². The number of hydrogen-bond donors (Lipinski definition) is 1. The third-order valence-corrected chi connectivity index (χ3v) is 3.05. The summed E-state index contributed by atoms with van der Waals surface area (Å²) in [7, 11) is 0. The van der Waals surface area contributed by atoms with Gasteiger partial charge >= 0.3 is 0 Å². The van der Waals surface area contributed by atoms with Gasteiger partial charge in [0.2, 0.25) is 0 Å². The van der Waals surface area contributed by atoms with Gasteiger partial charge in [-0.25, -0.2) is 0 Å². The maximum Gasteiger partial charge on any atom is 0.137 e. The molecule has 3 heteroatoms. The van der Waals surface area contributed by atoms with Gasteiger partial charge in [-0.3, -0.25) is 4.98 Å². The Morgan fingerprint density at radius 2 is 2.31 bits per heavy atom. The first-order chi connectivity index (χ1) is 7.75. The lowest BCUT2D eigenvalue weighted by Crippen LogP contribution is -2.31. The second-order valence-corrected chi connectivity index (χ2v) is 4.56. The predicted octanol–water partition coefficient (Wildman–Crippen LogP) is 2.16. The van der Waals surface area contributed by atoms with Gasteiger partial charge in [0.1, 0.15) is 12.4 Å². The standard InChI is InChI=1S/C13H20N2O/c1-10-3-6-13(9-15-10)16-8-7-14-11(2)12-4-5-12/h3,6,9,11-12,14H,4-5,7-8H2,1-2H3. The zero-order valence-electron chi connectivity index (χ0n) is 10.1. The topological polar surface area (TPSA) is 34.1 Å². The molecule has 1 atom stereocenters. The lowest BCUT2D eigenvalue weighted by atomic mass is 10.2. The molecule has 0 spiro atoms. The number of nitrogens with zero attached hydrogens (tertiary/aromatic N) is 1. The minimum absolute atomic E-state index is 0.639. The Bertz CT molecular complexity index is 319. The van der Waals surface area contributed by atoms with Gasteiger partial charge in [-0.2, -0.15) is 0 Å². The number of aryl methyl sites for hydroxylation is 1. The first-order valence-corrected chi connectivity index (χ1v) is 6.04. The van der Waals surface area contributed by atoms with Gasteiger partial charge in [0, 0.05) is 18.3 Å². The highest BCUT2D eigenvalue weighted by Gasteiger charge is 2.27. The van der Waals surface area contributed by atoms with Crippen molar-refractivity contribution in [3.05, 3.63) is 24.0 Å². The van der Waals surface area contributed by atoms with Crippen molar-refractivity contribution < 1.29 is 4.74 Å². The van der Waals surface area contributed by atoms with E-state index in [2.05, 4.69) is 17.2 Å². The number of nitrogens with one attached hydrogen (secondary N) is 1. The van der Waals surface area contributed by atoms with Crippen LogP contribution in [0.4, 0.5) is 0 Å². The summed E-state index contributed by atoms with van der Waals surface area (Å²) >= 11 is 0. The quantitative estimate of drug-likeness (QED) is 0.746. The van der Waals surface area contributed by atoms with Gasteiger partial charge in [-0.15, -0.1) is 0 Å². The molecule has 2 rings (SSSR count). The molecule has 1 unspecified atom stereocenters. The summed E-state index contributed by atoms with van der Waals surface area (Å²) in [5.74, 6) is 1.76. The van der Waals surface area contributed by atoms with Crippen LogP contribution in [0.25, 0.3) is 0 Å².